The predicted molar refractivity (Wildman–Crippen MR) is 71.5 cm³/mol. The quantitative estimate of drug-likeness (QED) is 0.879. The number of aromatic nitrogens is 1. The lowest BCUT2D eigenvalue weighted by atomic mass is 9.97. The van der Waals surface area contributed by atoms with Gasteiger partial charge in [0.25, 0.3) is 5.91 Å². The number of aryl methyl sites for hydroxylation is 1. The van der Waals surface area contributed by atoms with Crippen molar-refractivity contribution in [1.29, 1.82) is 0 Å². The van der Waals surface area contributed by atoms with E-state index in [1.54, 1.807) is 6.20 Å². The van der Waals surface area contributed by atoms with E-state index < -0.39 is 0 Å². The molecule has 0 bridgehead atoms. The lowest BCUT2D eigenvalue weighted by molar-refractivity contribution is 0.0761. The van der Waals surface area contributed by atoms with Gasteiger partial charge in [0.15, 0.2) is 0 Å². The van der Waals surface area contributed by atoms with Crippen LogP contribution in [0.4, 0.5) is 0 Å². The number of amides is 1. The minimum Gasteiger partial charge on any atom is -0.341 e. The second-order valence-electron chi connectivity index (χ2n) is 5.02. The Morgan fingerprint density at radius 1 is 1.50 bits per heavy atom. The van der Waals surface area contributed by atoms with Gasteiger partial charge in [-0.1, -0.05) is 0 Å². The van der Waals surface area contributed by atoms with Gasteiger partial charge in [-0.25, -0.2) is 0 Å². The van der Waals surface area contributed by atoms with E-state index in [0.29, 0.717) is 11.5 Å². The first kappa shape index (κ1) is 13.0. The summed E-state index contributed by atoms with van der Waals surface area (Å²) in [6.45, 7) is 4.86. The number of carbonyl (C=O) groups is 1. The van der Waals surface area contributed by atoms with E-state index in [1.807, 2.05) is 31.0 Å². The van der Waals surface area contributed by atoms with Gasteiger partial charge in [0.05, 0.1) is 5.56 Å². The van der Waals surface area contributed by atoms with Crippen LogP contribution >= 0.6 is 0 Å². The number of piperidine rings is 1. The minimum atomic E-state index is 0.0825. The summed E-state index contributed by atoms with van der Waals surface area (Å²) in [5.74, 6) is 0.705. The summed E-state index contributed by atoms with van der Waals surface area (Å²) in [6.07, 6.45) is 4.03. The third-order valence-electron chi connectivity index (χ3n) is 3.57. The van der Waals surface area contributed by atoms with Crippen LogP contribution < -0.4 is 5.32 Å². The summed E-state index contributed by atoms with van der Waals surface area (Å²) in [4.78, 5) is 18.3. The van der Waals surface area contributed by atoms with E-state index in [9.17, 15) is 4.79 Å². The zero-order chi connectivity index (χ0) is 13.0. The molecule has 0 atom stereocenters. The van der Waals surface area contributed by atoms with Crippen molar-refractivity contribution in [1.82, 2.24) is 15.2 Å². The molecule has 1 amide bonds. The lowest BCUT2D eigenvalue weighted by Gasteiger charge is -2.27. The van der Waals surface area contributed by atoms with E-state index in [-0.39, 0.29) is 5.91 Å². The van der Waals surface area contributed by atoms with Crippen molar-refractivity contribution in [3.05, 3.63) is 29.6 Å². The van der Waals surface area contributed by atoms with Gasteiger partial charge in [-0.2, -0.15) is 0 Å². The largest absolute Gasteiger partial charge is 0.341 e. The normalized spacial score (nSPS) is 16.6. The maximum absolute atomic E-state index is 12.3. The smallest absolute Gasteiger partial charge is 0.255 e. The van der Waals surface area contributed by atoms with E-state index in [2.05, 4.69) is 10.3 Å². The Bertz CT molecular complexity index is 413. The van der Waals surface area contributed by atoms with Crippen LogP contribution in [0.15, 0.2) is 18.3 Å². The van der Waals surface area contributed by atoms with Gasteiger partial charge in [-0.05, 0) is 50.9 Å². The van der Waals surface area contributed by atoms with Crippen molar-refractivity contribution in [3.63, 3.8) is 0 Å². The van der Waals surface area contributed by atoms with E-state index in [1.165, 1.54) is 0 Å². The molecule has 0 unspecified atom stereocenters. The van der Waals surface area contributed by atoms with Crippen LogP contribution in [0.25, 0.3) is 0 Å². The second kappa shape index (κ2) is 5.96. The standard InChI is InChI=1S/C14H21N3O/c1-11-13(4-3-7-16-11)14(18)17(2)10-12-5-8-15-9-6-12/h3-4,7,12,15H,5-6,8-10H2,1-2H3. The minimum absolute atomic E-state index is 0.0825. The van der Waals surface area contributed by atoms with Gasteiger partial charge >= 0.3 is 0 Å². The maximum atomic E-state index is 12.3. The first-order valence-corrected chi connectivity index (χ1v) is 6.56. The van der Waals surface area contributed by atoms with Crippen molar-refractivity contribution in [3.8, 4) is 0 Å². The summed E-state index contributed by atoms with van der Waals surface area (Å²) in [6, 6.07) is 3.67. The van der Waals surface area contributed by atoms with E-state index >= 15 is 0 Å². The molecule has 1 fully saturated rings. The van der Waals surface area contributed by atoms with Crippen LogP contribution in [-0.4, -0.2) is 42.5 Å². The molecule has 4 heteroatoms. The van der Waals surface area contributed by atoms with E-state index in [0.717, 1.165) is 38.2 Å². The average Bonchev–Trinajstić information content (AvgIpc) is 2.39. The highest BCUT2D eigenvalue weighted by Gasteiger charge is 2.20. The monoisotopic (exact) mass is 247 g/mol. The molecule has 1 aromatic rings. The molecule has 2 heterocycles. The maximum Gasteiger partial charge on any atom is 0.255 e. The van der Waals surface area contributed by atoms with Crippen molar-refractivity contribution < 1.29 is 4.79 Å². The van der Waals surface area contributed by atoms with Crippen LogP contribution in [-0.2, 0) is 0 Å². The average molecular weight is 247 g/mol. The number of hydrogen-bond donors (Lipinski definition) is 1. The molecule has 1 aliphatic heterocycles. The molecule has 1 aliphatic rings. The fraction of sp³-hybridized carbons (Fsp3) is 0.571. The molecule has 4 nitrogen and oxygen atoms in total. The molecule has 0 spiro atoms. The van der Waals surface area contributed by atoms with Crippen LogP contribution in [0.3, 0.4) is 0 Å². The molecule has 0 saturated carbocycles. The number of nitrogens with zero attached hydrogens (tertiary/aromatic N) is 2. The van der Waals surface area contributed by atoms with Crippen molar-refractivity contribution in [2.24, 2.45) is 5.92 Å². The van der Waals surface area contributed by atoms with Crippen LogP contribution in [0.2, 0.25) is 0 Å². The van der Waals surface area contributed by atoms with Crippen molar-refractivity contribution >= 4 is 5.91 Å². The molecule has 0 aliphatic carbocycles. The van der Waals surface area contributed by atoms with Crippen LogP contribution in [0.1, 0.15) is 28.9 Å². The Kier molecular flexibility index (Phi) is 4.31. The third kappa shape index (κ3) is 3.07. The predicted octanol–water partition coefficient (Wildman–Crippen LogP) is 1.46. The Balaban J connectivity index is 1.98. The van der Waals surface area contributed by atoms with Crippen LogP contribution in [0.5, 0.6) is 0 Å². The molecule has 2 rings (SSSR count). The van der Waals surface area contributed by atoms with Gasteiger partial charge in [-0.3, -0.25) is 9.78 Å². The number of nitrogens with one attached hydrogen (secondary N) is 1. The SMILES string of the molecule is Cc1ncccc1C(=O)N(C)CC1CCNCC1. The molecule has 1 N–H and O–H groups in total. The molecule has 1 aromatic heterocycles. The molecule has 18 heavy (non-hydrogen) atoms. The van der Waals surface area contributed by atoms with Gasteiger partial charge in [0.2, 0.25) is 0 Å². The third-order valence-corrected chi connectivity index (χ3v) is 3.57. The van der Waals surface area contributed by atoms with Crippen LogP contribution in [0, 0.1) is 12.8 Å². The highest BCUT2D eigenvalue weighted by molar-refractivity contribution is 5.94. The van der Waals surface area contributed by atoms with Gasteiger partial charge in [0, 0.05) is 25.5 Å². The topological polar surface area (TPSA) is 45.2 Å². The molecule has 1 saturated heterocycles. The van der Waals surface area contributed by atoms with Gasteiger partial charge in [0.1, 0.15) is 0 Å². The Morgan fingerprint density at radius 3 is 2.89 bits per heavy atom. The molecule has 98 valence electrons. The summed E-state index contributed by atoms with van der Waals surface area (Å²) in [5.41, 5.74) is 1.52. The Hall–Kier alpha value is -1.42. The second-order valence-corrected chi connectivity index (χ2v) is 5.02. The number of rotatable bonds is 3. The van der Waals surface area contributed by atoms with Gasteiger partial charge < -0.3 is 10.2 Å². The van der Waals surface area contributed by atoms with Crippen molar-refractivity contribution in [2.45, 2.75) is 19.8 Å². The summed E-state index contributed by atoms with van der Waals surface area (Å²) in [5, 5.41) is 3.34. The molecule has 0 radical (unpaired) electrons. The molecular formula is C14H21N3O. The number of pyridine rings is 1. The zero-order valence-electron chi connectivity index (χ0n) is 11.1. The van der Waals surface area contributed by atoms with Crippen molar-refractivity contribution in [2.75, 3.05) is 26.7 Å². The number of hydrogen-bond acceptors (Lipinski definition) is 3. The highest BCUT2D eigenvalue weighted by Crippen LogP contribution is 2.15. The van der Waals surface area contributed by atoms with Gasteiger partial charge in [-0.15, -0.1) is 0 Å². The molecular weight excluding hydrogens is 226 g/mol. The highest BCUT2D eigenvalue weighted by atomic mass is 16.2. The van der Waals surface area contributed by atoms with E-state index in [4.69, 9.17) is 0 Å². The fourth-order valence-corrected chi connectivity index (χ4v) is 2.45. The Labute approximate surface area is 108 Å². The molecule has 0 aromatic carbocycles. The summed E-state index contributed by atoms with van der Waals surface area (Å²) in [7, 11) is 1.89. The first-order chi connectivity index (χ1) is 8.68. The number of carbonyl (C=O) groups excluding carboxylic acids is 1. The zero-order valence-corrected chi connectivity index (χ0v) is 11.1. The summed E-state index contributed by atoms with van der Waals surface area (Å²) >= 11 is 0. The summed E-state index contributed by atoms with van der Waals surface area (Å²) < 4.78 is 0. The fourth-order valence-electron chi connectivity index (χ4n) is 2.45. The Morgan fingerprint density at radius 2 is 2.22 bits per heavy atom. The first-order valence-electron chi connectivity index (χ1n) is 6.56. The lowest BCUT2D eigenvalue weighted by Crippen LogP contribution is -2.37.